The number of nitrogens with one attached hydrogen (secondary N) is 1. The van der Waals surface area contributed by atoms with E-state index in [4.69, 9.17) is 4.84 Å². The first kappa shape index (κ1) is 3.87. The van der Waals surface area contributed by atoms with Gasteiger partial charge in [-0.1, -0.05) is 0 Å². The first-order chi connectivity index (χ1) is 3.45. The highest BCUT2D eigenvalue weighted by atomic mass is 16.7. The van der Waals surface area contributed by atoms with Gasteiger partial charge < -0.3 is 0 Å². The average molecular weight is 99.1 g/mol. The number of fused-ring (bicyclic) bond motifs is 2. The second-order valence-corrected chi connectivity index (χ2v) is 2.43. The lowest BCUT2D eigenvalue weighted by Crippen LogP contribution is -2.47. The molecule has 3 aliphatic rings. The Balaban J connectivity index is 1.99. The summed E-state index contributed by atoms with van der Waals surface area (Å²) in [7, 11) is 0. The highest BCUT2D eigenvalue weighted by molar-refractivity contribution is 4.83. The monoisotopic (exact) mass is 99.1 g/mol. The Morgan fingerprint density at radius 3 is 2.43 bits per heavy atom. The minimum absolute atomic E-state index is 0.568. The van der Waals surface area contributed by atoms with Crippen LogP contribution >= 0.6 is 0 Å². The molecule has 40 valence electrons. The van der Waals surface area contributed by atoms with E-state index in [0.717, 1.165) is 12.5 Å². The molecular formula is C5H9NO. The SMILES string of the molecule is C1NOC2CC1C2. The van der Waals surface area contributed by atoms with Crippen molar-refractivity contribution in [1.82, 2.24) is 5.48 Å². The zero-order valence-electron chi connectivity index (χ0n) is 4.18. The van der Waals surface area contributed by atoms with Crippen LogP contribution in [-0.4, -0.2) is 12.6 Å². The van der Waals surface area contributed by atoms with Crippen molar-refractivity contribution >= 4 is 0 Å². The summed E-state index contributed by atoms with van der Waals surface area (Å²) in [6.45, 7) is 1.08. The Bertz CT molecular complexity index is 64.6. The van der Waals surface area contributed by atoms with Gasteiger partial charge in [-0.05, 0) is 18.8 Å². The van der Waals surface area contributed by atoms with Gasteiger partial charge in [0.2, 0.25) is 0 Å². The van der Waals surface area contributed by atoms with Crippen LogP contribution in [0.1, 0.15) is 12.8 Å². The fourth-order valence-corrected chi connectivity index (χ4v) is 1.22. The first-order valence-corrected chi connectivity index (χ1v) is 2.83. The molecule has 2 heteroatoms. The van der Waals surface area contributed by atoms with Crippen LogP contribution in [0.2, 0.25) is 0 Å². The van der Waals surface area contributed by atoms with Crippen molar-refractivity contribution in [3.05, 3.63) is 0 Å². The van der Waals surface area contributed by atoms with Crippen molar-refractivity contribution < 1.29 is 4.84 Å². The fraction of sp³-hybridized carbons (Fsp3) is 1.00. The molecule has 0 unspecified atom stereocenters. The fourth-order valence-electron chi connectivity index (χ4n) is 1.22. The molecule has 2 bridgehead atoms. The molecule has 0 aromatic heterocycles. The number of hydrogen-bond acceptors (Lipinski definition) is 2. The Labute approximate surface area is 42.8 Å². The number of hydrogen-bond donors (Lipinski definition) is 1. The largest absolute Gasteiger partial charge is 0.298 e. The maximum atomic E-state index is 5.09. The summed E-state index contributed by atoms with van der Waals surface area (Å²) in [5.74, 6) is 0.943. The summed E-state index contributed by atoms with van der Waals surface area (Å²) in [5, 5.41) is 0. The molecule has 0 spiro atoms. The molecule has 0 amide bonds. The lowest BCUT2D eigenvalue weighted by atomic mass is 9.81. The van der Waals surface area contributed by atoms with E-state index in [2.05, 4.69) is 5.48 Å². The van der Waals surface area contributed by atoms with Crippen LogP contribution in [0.15, 0.2) is 0 Å². The van der Waals surface area contributed by atoms with Crippen molar-refractivity contribution in [3.8, 4) is 0 Å². The molecule has 0 aromatic carbocycles. The molecule has 2 heterocycles. The van der Waals surface area contributed by atoms with Gasteiger partial charge in [-0.15, -0.1) is 0 Å². The highest BCUT2D eigenvalue weighted by Gasteiger charge is 2.33. The van der Waals surface area contributed by atoms with Gasteiger partial charge in [0, 0.05) is 6.54 Å². The van der Waals surface area contributed by atoms with E-state index in [1.165, 1.54) is 12.8 Å². The third-order valence-corrected chi connectivity index (χ3v) is 1.81. The second kappa shape index (κ2) is 1.20. The van der Waals surface area contributed by atoms with Gasteiger partial charge in [0.05, 0.1) is 6.10 Å². The van der Waals surface area contributed by atoms with Crippen molar-refractivity contribution in [1.29, 1.82) is 0 Å². The lowest BCUT2D eigenvalue weighted by Gasteiger charge is -2.40. The Kier molecular flexibility index (Phi) is 0.664. The minimum Gasteiger partial charge on any atom is -0.298 e. The van der Waals surface area contributed by atoms with Gasteiger partial charge in [-0.25, -0.2) is 5.48 Å². The van der Waals surface area contributed by atoms with Crippen LogP contribution in [0.5, 0.6) is 0 Å². The molecule has 0 radical (unpaired) electrons. The van der Waals surface area contributed by atoms with E-state index in [1.54, 1.807) is 0 Å². The molecule has 3 rings (SSSR count). The second-order valence-electron chi connectivity index (χ2n) is 2.43. The maximum Gasteiger partial charge on any atom is 0.0796 e. The van der Waals surface area contributed by atoms with Crippen LogP contribution in [0.4, 0.5) is 0 Å². The molecular weight excluding hydrogens is 90.1 g/mol. The third-order valence-electron chi connectivity index (χ3n) is 1.81. The molecule has 2 saturated heterocycles. The van der Waals surface area contributed by atoms with Crippen molar-refractivity contribution in [2.24, 2.45) is 5.92 Å². The van der Waals surface area contributed by atoms with E-state index >= 15 is 0 Å². The van der Waals surface area contributed by atoms with E-state index in [0.29, 0.717) is 6.10 Å². The van der Waals surface area contributed by atoms with Crippen molar-refractivity contribution in [2.45, 2.75) is 18.9 Å². The Morgan fingerprint density at radius 1 is 1.43 bits per heavy atom. The van der Waals surface area contributed by atoms with Crippen LogP contribution in [0.25, 0.3) is 0 Å². The molecule has 2 aliphatic heterocycles. The lowest BCUT2D eigenvalue weighted by molar-refractivity contribution is -0.141. The molecule has 1 aliphatic carbocycles. The predicted molar refractivity (Wildman–Crippen MR) is 25.6 cm³/mol. The molecule has 7 heavy (non-hydrogen) atoms. The summed E-state index contributed by atoms with van der Waals surface area (Å²) in [5.41, 5.74) is 2.88. The van der Waals surface area contributed by atoms with Gasteiger partial charge in [-0.3, -0.25) is 4.84 Å². The predicted octanol–water partition coefficient (Wildman–Crippen LogP) is 0.300. The van der Waals surface area contributed by atoms with Crippen molar-refractivity contribution in [3.63, 3.8) is 0 Å². The summed E-state index contributed by atoms with van der Waals surface area (Å²) in [6, 6.07) is 0. The number of hydroxylamine groups is 1. The Hall–Kier alpha value is -0.0800. The smallest absolute Gasteiger partial charge is 0.0796 e. The van der Waals surface area contributed by atoms with Gasteiger partial charge in [0.1, 0.15) is 0 Å². The van der Waals surface area contributed by atoms with Crippen LogP contribution in [-0.2, 0) is 4.84 Å². The van der Waals surface area contributed by atoms with E-state index < -0.39 is 0 Å². The van der Waals surface area contributed by atoms with Gasteiger partial charge >= 0.3 is 0 Å². The molecule has 2 nitrogen and oxygen atoms in total. The normalized spacial score (nSPS) is 48.0. The highest BCUT2D eigenvalue weighted by Crippen LogP contribution is 2.31. The maximum absolute atomic E-state index is 5.09. The summed E-state index contributed by atoms with van der Waals surface area (Å²) in [4.78, 5) is 5.09. The average Bonchev–Trinajstić information content (AvgIpc) is 1.67. The van der Waals surface area contributed by atoms with Crippen LogP contribution in [0, 0.1) is 5.92 Å². The third kappa shape index (κ3) is 0.469. The van der Waals surface area contributed by atoms with Crippen molar-refractivity contribution in [2.75, 3.05) is 6.54 Å². The first-order valence-electron chi connectivity index (χ1n) is 2.83. The van der Waals surface area contributed by atoms with Gasteiger partial charge in [0.25, 0.3) is 0 Å². The van der Waals surface area contributed by atoms with Crippen LogP contribution < -0.4 is 5.48 Å². The molecule has 0 aromatic rings. The van der Waals surface area contributed by atoms with E-state index in [9.17, 15) is 0 Å². The molecule has 1 saturated carbocycles. The van der Waals surface area contributed by atoms with Gasteiger partial charge in [-0.2, -0.15) is 0 Å². The van der Waals surface area contributed by atoms with Crippen LogP contribution in [0.3, 0.4) is 0 Å². The minimum atomic E-state index is 0.568. The van der Waals surface area contributed by atoms with Gasteiger partial charge in [0.15, 0.2) is 0 Å². The standard InChI is InChI=1S/C5H9NO/c1-4-2-5(1)7-6-3-4/h4-6H,1-3H2. The van der Waals surface area contributed by atoms with E-state index in [1.807, 2.05) is 0 Å². The zero-order chi connectivity index (χ0) is 4.69. The summed E-state index contributed by atoms with van der Waals surface area (Å²) >= 11 is 0. The quantitative estimate of drug-likeness (QED) is 0.471. The molecule has 0 atom stereocenters. The van der Waals surface area contributed by atoms with E-state index in [-0.39, 0.29) is 0 Å². The molecule has 1 N–H and O–H groups in total. The molecule has 3 fully saturated rings. The topological polar surface area (TPSA) is 21.3 Å². The number of rotatable bonds is 0. The Morgan fingerprint density at radius 2 is 2.29 bits per heavy atom. The summed E-state index contributed by atoms with van der Waals surface area (Å²) < 4.78 is 0. The summed E-state index contributed by atoms with van der Waals surface area (Å²) in [6.07, 6.45) is 3.17. The zero-order valence-corrected chi connectivity index (χ0v) is 4.18.